The number of halogens is 3. The van der Waals surface area contributed by atoms with Gasteiger partial charge in [-0.25, -0.2) is 0 Å². The van der Waals surface area contributed by atoms with Crippen molar-refractivity contribution < 1.29 is 27.4 Å². The second-order valence-corrected chi connectivity index (χ2v) is 3.93. The number of carbonyl (C=O) groups is 1. The van der Waals surface area contributed by atoms with Crippen LogP contribution in [0.5, 0.6) is 0 Å². The third-order valence-corrected chi connectivity index (χ3v) is 2.59. The van der Waals surface area contributed by atoms with E-state index in [4.69, 9.17) is 9.47 Å². The predicted octanol–water partition coefficient (Wildman–Crippen LogP) is 1.25. The highest BCUT2D eigenvalue weighted by Crippen LogP contribution is 2.21. The largest absolute Gasteiger partial charge is 0.389 e. The molecule has 0 aromatic heterocycles. The number of rotatable bonds is 4. The second-order valence-electron chi connectivity index (χ2n) is 3.93. The molecule has 17 heavy (non-hydrogen) atoms. The van der Waals surface area contributed by atoms with Crippen molar-refractivity contribution in [2.45, 2.75) is 37.6 Å². The normalized spacial score (nSPS) is 25.6. The number of hydrogen-bond acceptors (Lipinski definition) is 3. The molecular weight excluding hydrogens is 239 g/mol. The minimum absolute atomic E-state index is 0.269. The van der Waals surface area contributed by atoms with E-state index in [-0.39, 0.29) is 12.1 Å². The smallest absolute Gasteiger partial charge is 0.379 e. The minimum atomic E-state index is -4.30. The van der Waals surface area contributed by atoms with Crippen LogP contribution in [0.25, 0.3) is 0 Å². The first-order valence-electron chi connectivity index (χ1n) is 5.39. The molecule has 1 N–H and O–H groups in total. The summed E-state index contributed by atoms with van der Waals surface area (Å²) in [7, 11) is 1.48. The highest BCUT2D eigenvalue weighted by molar-refractivity contribution is 5.76. The number of nitrogens with one attached hydrogen (secondary N) is 1. The first-order chi connectivity index (χ1) is 7.92. The van der Waals surface area contributed by atoms with Gasteiger partial charge in [0.2, 0.25) is 5.91 Å². The second kappa shape index (κ2) is 6.20. The van der Waals surface area contributed by atoms with Crippen molar-refractivity contribution in [1.29, 1.82) is 0 Å². The third kappa shape index (κ3) is 5.36. The van der Waals surface area contributed by atoms with Crippen LogP contribution in [0.3, 0.4) is 0 Å². The Morgan fingerprint density at radius 1 is 1.53 bits per heavy atom. The third-order valence-electron chi connectivity index (χ3n) is 2.59. The molecule has 4 nitrogen and oxygen atoms in total. The highest BCUT2D eigenvalue weighted by atomic mass is 19.4. The van der Waals surface area contributed by atoms with E-state index in [0.717, 1.165) is 0 Å². The first-order valence-corrected chi connectivity index (χ1v) is 5.39. The Kier molecular flexibility index (Phi) is 5.20. The summed E-state index contributed by atoms with van der Waals surface area (Å²) in [5.41, 5.74) is 0. The molecule has 1 saturated heterocycles. The predicted molar refractivity (Wildman–Crippen MR) is 53.5 cm³/mol. The van der Waals surface area contributed by atoms with E-state index < -0.39 is 24.9 Å². The quantitative estimate of drug-likeness (QED) is 0.822. The van der Waals surface area contributed by atoms with Crippen LogP contribution in [-0.2, 0) is 14.3 Å². The zero-order valence-corrected chi connectivity index (χ0v) is 9.55. The molecule has 0 spiro atoms. The molecule has 1 fully saturated rings. The molecule has 1 rings (SSSR count). The average Bonchev–Trinajstić information content (AvgIpc) is 2.26. The fourth-order valence-corrected chi connectivity index (χ4v) is 1.64. The van der Waals surface area contributed by atoms with E-state index in [1.54, 1.807) is 0 Å². The molecule has 1 aliphatic rings. The lowest BCUT2D eigenvalue weighted by molar-refractivity contribution is -0.145. The van der Waals surface area contributed by atoms with E-state index in [9.17, 15) is 18.0 Å². The Morgan fingerprint density at radius 2 is 2.24 bits per heavy atom. The fourth-order valence-electron chi connectivity index (χ4n) is 1.64. The highest BCUT2D eigenvalue weighted by Gasteiger charge is 2.30. The zero-order valence-electron chi connectivity index (χ0n) is 9.55. The molecule has 1 amide bonds. The number of methoxy groups -OCH3 is 1. The molecule has 7 heteroatoms. The van der Waals surface area contributed by atoms with Crippen LogP contribution in [-0.4, -0.2) is 44.6 Å². The van der Waals surface area contributed by atoms with Gasteiger partial charge in [-0.05, 0) is 6.42 Å². The molecule has 1 heterocycles. The fraction of sp³-hybridized carbons (Fsp3) is 0.900. The monoisotopic (exact) mass is 255 g/mol. The molecule has 0 aliphatic carbocycles. The topological polar surface area (TPSA) is 47.6 Å². The summed E-state index contributed by atoms with van der Waals surface area (Å²) in [4.78, 5) is 11.3. The summed E-state index contributed by atoms with van der Waals surface area (Å²) in [6.45, 7) is 0.824. The number of alkyl halides is 3. The Morgan fingerprint density at radius 3 is 2.82 bits per heavy atom. The molecule has 0 aromatic rings. The van der Waals surface area contributed by atoms with Crippen molar-refractivity contribution in [3.63, 3.8) is 0 Å². The molecule has 0 saturated carbocycles. The van der Waals surface area contributed by atoms with Gasteiger partial charge in [-0.1, -0.05) is 0 Å². The van der Waals surface area contributed by atoms with Crippen molar-refractivity contribution in [3.8, 4) is 0 Å². The van der Waals surface area contributed by atoms with Gasteiger partial charge in [0.05, 0.1) is 19.1 Å². The van der Waals surface area contributed by atoms with Crippen LogP contribution in [0.2, 0.25) is 0 Å². The van der Waals surface area contributed by atoms with Gasteiger partial charge in [0.25, 0.3) is 0 Å². The van der Waals surface area contributed by atoms with Gasteiger partial charge in [-0.15, -0.1) is 0 Å². The zero-order chi connectivity index (χ0) is 12.9. The van der Waals surface area contributed by atoms with Crippen LogP contribution in [0.4, 0.5) is 13.2 Å². The molecule has 0 aromatic carbocycles. The van der Waals surface area contributed by atoms with Gasteiger partial charge >= 0.3 is 6.18 Å². The maximum absolute atomic E-state index is 11.9. The van der Waals surface area contributed by atoms with Crippen molar-refractivity contribution in [3.05, 3.63) is 0 Å². The van der Waals surface area contributed by atoms with Crippen molar-refractivity contribution in [1.82, 2.24) is 5.32 Å². The molecule has 100 valence electrons. The van der Waals surface area contributed by atoms with Gasteiger partial charge in [-0.2, -0.15) is 13.2 Å². The van der Waals surface area contributed by atoms with Gasteiger partial charge < -0.3 is 14.8 Å². The summed E-state index contributed by atoms with van der Waals surface area (Å²) in [6, 6.07) is -0.269. The van der Waals surface area contributed by atoms with E-state index in [2.05, 4.69) is 5.32 Å². The lowest BCUT2D eigenvalue weighted by atomic mass is 10.1. The summed E-state index contributed by atoms with van der Waals surface area (Å²) >= 11 is 0. The van der Waals surface area contributed by atoms with E-state index >= 15 is 0 Å². The van der Waals surface area contributed by atoms with Gasteiger partial charge in [0.1, 0.15) is 6.10 Å². The molecule has 1 aliphatic heterocycles. The number of ether oxygens (including phenoxy) is 2. The van der Waals surface area contributed by atoms with Crippen molar-refractivity contribution in [2.75, 3.05) is 20.3 Å². The van der Waals surface area contributed by atoms with Gasteiger partial charge in [-0.3, -0.25) is 4.79 Å². The summed E-state index contributed by atoms with van der Waals surface area (Å²) in [5.74, 6) is -0.601. The van der Waals surface area contributed by atoms with E-state index in [1.807, 2.05) is 0 Å². The van der Waals surface area contributed by atoms with Crippen LogP contribution >= 0.6 is 0 Å². The lowest BCUT2D eigenvalue weighted by Gasteiger charge is -2.31. The Labute approximate surface area is 97.5 Å². The standard InChI is InChI=1S/C10H16F3NO3/c1-16-8-6-17-5-3-7(8)14-9(15)2-4-10(11,12)13/h7-8H,2-6H2,1H3,(H,14,15)/t7-,8-/m1/s1. The van der Waals surface area contributed by atoms with Crippen LogP contribution in [0, 0.1) is 0 Å². The SMILES string of the molecule is CO[C@@H]1COCC[C@H]1NC(=O)CCC(F)(F)F. The molecule has 0 unspecified atom stereocenters. The van der Waals surface area contributed by atoms with E-state index in [0.29, 0.717) is 19.6 Å². The minimum Gasteiger partial charge on any atom is -0.379 e. The van der Waals surface area contributed by atoms with Crippen molar-refractivity contribution >= 4 is 5.91 Å². The summed E-state index contributed by atoms with van der Waals surface area (Å²) < 4.78 is 46.0. The first kappa shape index (κ1) is 14.2. The Balaban J connectivity index is 2.33. The van der Waals surface area contributed by atoms with Crippen molar-refractivity contribution in [2.24, 2.45) is 0 Å². The van der Waals surface area contributed by atoms with E-state index in [1.165, 1.54) is 7.11 Å². The van der Waals surface area contributed by atoms with Gasteiger partial charge in [0.15, 0.2) is 0 Å². The van der Waals surface area contributed by atoms with Crippen LogP contribution in [0.1, 0.15) is 19.3 Å². The maximum Gasteiger partial charge on any atom is 0.389 e. The molecule has 0 radical (unpaired) electrons. The number of hydrogen-bond donors (Lipinski definition) is 1. The van der Waals surface area contributed by atoms with Crippen LogP contribution < -0.4 is 5.32 Å². The molecule has 2 atom stereocenters. The maximum atomic E-state index is 11.9. The van der Waals surface area contributed by atoms with Gasteiger partial charge in [0, 0.05) is 20.1 Å². The Hall–Kier alpha value is -0.820. The summed E-state index contributed by atoms with van der Waals surface area (Å²) in [6.07, 6.45) is -5.68. The number of amides is 1. The Bertz CT molecular complexity index is 258. The average molecular weight is 255 g/mol. The van der Waals surface area contributed by atoms with Crippen LogP contribution in [0.15, 0.2) is 0 Å². The molecule has 0 bridgehead atoms. The lowest BCUT2D eigenvalue weighted by Crippen LogP contribution is -2.49. The number of carbonyl (C=O) groups excluding carboxylic acids is 1. The molecular formula is C10H16F3NO3. The summed E-state index contributed by atoms with van der Waals surface area (Å²) in [5, 5.41) is 2.55.